The van der Waals surface area contributed by atoms with E-state index >= 15 is 0 Å². The molecule has 0 radical (unpaired) electrons. The van der Waals surface area contributed by atoms with Gasteiger partial charge in [0.25, 0.3) is 0 Å². The highest BCUT2D eigenvalue weighted by Gasteiger charge is 2.08. The maximum Gasteiger partial charge on any atom is 0.229 e. The van der Waals surface area contributed by atoms with Gasteiger partial charge in [-0.3, -0.25) is 0 Å². The number of thiazole rings is 1. The second kappa shape index (κ2) is 7.13. The van der Waals surface area contributed by atoms with Gasteiger partial charge in [-0.1, -0.05) is 11.3 Å². The topological polar surface area (TPSA) is 96.9 Å². The van der Waals surface area contributed by atoms with E-state index in [0.29, 0.717) is 28.1 Å². The van der Waals surface area contributed by atoms with Crippen molar-refractivity contribution < 1.29 is 12.8 Å². The highest BCUT2D eigenvalue weighted by molar-refractivity contribution is 7.90. The maximum atomic E-state index is 13.3. The van der Waals surface area contributed by atoms with Crippen LogP contribution in [0.4, 0.5) is 27.0 Å². The molecule has 2 aromatic carbocycles. The Morgan fingerprint density at radius 1 is 1.00 bits per heavy atom. The molecular weight excluding hydrogens is 401 g/mol. The van der Waals surface area contributed by atoms with E-state index in [1.807, 2.05) is 0 Å². The van der Waals surface area contributed by atoms with E-state index in [4.69, 9.17) is 0 Å². The Kier molecular flexibility index (Phi) is 4.65. The molecule has 0 atom stereocenters. The molecule has 2 N–H and O–H groups in total. The van der Waals surface area contributed by atoms with Crippen molar-refractivity contribution >= 4 is 54.0 Å². The van der Waals surface area contributed by atoms with Gasteiger partial charge in [-0.2, -0.15) is 4.98 Å². The van der Waals surface area contributed by atoms with Crippen molar-refractivity contribution in [1.29, 1.82) is 0 Å². The fourth-order valence-corrected chi connectivity index (χ4v) is 3.99. The van der Waals surface area contributed by atoms with Gasteiger partial charge in [0.1, 0.15) is 11.6 Å². The van der Waals surface area contributed by atoms with Crippen molar-refractivity contribution in [2.24, 2.45) is 0 Å². The molecule has 0 saturated heterocycles. The number of hydrogen-bond donors (Lipinski definition) is 2. The van der Waals surface area contributed by atoms with Crippen LogP contribution in [0.25, 0.3) is 10.2 Å². The Labute approximate surface area is 164 Å². The normalized spacial score (nSPS) is 11.5. The first-order valence-corrected chi connectivity index (χ1v) is 10.8. The third kappa shape index (κ3) is 4.07. The minimum Gasteiger partial charge on any atom is -0.324 e. The van der Waals surface area contributed by atoms with Gasteiger partial charge in [-0.25, -0.2) is 22.8 Å². The van der Waals surface area contributed by atoms with Crippen molar-refractivity contribution in [3.63, 3.8) is 0 Å². The third-order valence-electron chi connectivity index (χ3n) is 3.78. The highest BCUT2D eigenvalue weighted by atomic mass is 32.2. The summed E-state index contributed by atoms with van der Waals surface area (Å²) in [7, 11) is -3.25. The molecule has 0 amide bonds. The van der Waals surface area contributed by atoms with Gasteiger partial charge >= 0.3 is 0 Å². The smallest absolute Gasteiger partial charge is 0.229 e. The molecule has 0 aliphatic rings. The number of rotatable bonds is 5. The predicted molar refractivity (Wildman–Crippen MR) is 108 cm³/mol. The summed E-state index contributed by atoms with van der Waals surface area (Å²) in [6, 6.07) is 12.4. The minimum atomic E-state index is -3.25. The molecule has 0 aliphatic heterocycles. The van der Waals surface area contributed by atoms with Crippen LogP contribution in [-0.4, -0.2) is 29.6 Å². The summed E-state index contributed by atoms with van der Waals surface area (Å²) in [5.74, 6) is 0.548. The molecule has 4 rings (SSSR count). The third-order valence-corrected chi connectivity index (χ3v) is 5.84. The summed E-state index contributed by atoms with van der Waals surface area (Å²) in [6.07, 6.45) is 2.74. The van der Waals surface area contributed by atoms with Gasteiger partial charge in [-0.15, -0.1) is 0 Å². The van der Waals surface area contributed by atoms with Crippen LogP contribution in [0.2, 0.25) is 0 Å². The van der Waals surface area contributed by atoms with Crippen LogP contribution >= 0.6 is 11.3 Å². The predicted octanol–water partition coefficient (Wildman–Crippen LogP) is 4.12. The molecule has 142 valence electrons. The lowest BCUT2D eigenvalue weighted by molar-refractivity contribution is 0.602. The Morgan fingerprint density at radius 2 is 1.79 bits per heavy atom. The lowest BCUT2D eigenvalue weighted by atomic mass is 10.3. The van der Waals surface area contributed by atoms with Crippen LogP contribution in [-0.2, 0) is 9.84 Å². The van der Waals surface area contributed by atoms with Crippen molar-refractivity contribution in [1.82, 2.24) is 15.0 Å². The van der Waals surface area contributed by atoms with Crippen molar-refractivity contribution in [2.45, 2.75) is 4.90 Å². The van der Waals surface area contributed by atoms with E-state index in [-0.39, 0.29) is 10.7 Å². The van der Waals surface area contributed by atoms with Gasteiger partial charge in [-0.05, 0) is 48.5 Å². The zero-order valence-corrected chi connectivity index (χ0v) is 16.2. The monoisotopic (exact) mass is 415 g/mol. The second-order valence-corrected chi connectivity index (χ2v) is 8.99. The van der Waals surface area contributed by atoms with E-state index < -0.39 is 9.84 Å². The summed E-state index contributed by atoms with van der Waals surface area (Å²) in [6.45, 7) is 0. The number of halogens is 1. The molecule has 0 fully saturated rings. The number of hydrogen-bond acceptors (Lipinski definition) is 8. The molecule has 4 aromatic rings. The zero-order chi connectivity index (χ0) is 19.7. The maximum absolute atomic E-state index is 13.3. The first kappa shape index (κ1) is 18.3. The number of nitrogens with zero attached hydrogens (tertiary/aromatic N) is 3. The van der Waals surface area contributed by atoms with Gasteiger partial charge in [0.2, 0.25) is 5.95 Å². The molecule has 7 nitrogen and oxygen atoms in total. The molecule has 28 heavy (non-hydrogen) atoms. The number of anilines is 4. The molecule has 0 spiro atoms. The van der Waals surface area contributed by atoms with Crippen LogP contribution in [0.1, 0.15) is 0 Å². The Bertz CT molecular complexity index is 1260. The van der Waals surface area contributed by atoms with Crippen LogP contribution in [0.5, 0.6) is 0 Å². The quantitative estimate of drug-likeness (QED) is 0.506. The summed E-state index contributed by atoms with van der Waals surface area (Å²) < 4.78 is 37.1. The number of fused-ring (bicyclic) bond motifs is 1. The van der Waals surface area contributed by atoms with Crippen LogP contribution in [0.3, 0.4) is 0 Å². The molecular formula is C18H14FN5O2S2. The van der Waals surface area contributed by atoms with E-state index in [2.05, 4.69) is 25.6 Å². The van der Waals surface area contributed by atoms with Crippen LogP contribution in [0.15, 0.2) is 59.6 Å². The molecule has 2 aromatic heterocycles. The first-order valence-electron chi connectivity index (χ1n) is 8.10. The van der Waals surface area contributed by atoms with Crippen LogP contribution < -0.4 is 10.6 Å². The number of sulfone groups is 1. The first-order chi connectivity index (χ1) is 13.4. The SMILES string of the molecule is CS(=O)(=O)c1ccc(Nc2nccc(Nc3nc4ccc(F)cc4s3)n2)cc1. The van der Waals surface area contributed by atoms with Crippen molar-refractivity contribution in [2.75, 3.05) is 16.9 Å². The van der Waals surface area contributed by atoms with Gasteiger partial charge in [0, 0.05) is 18.1 Å². The molecule has 2 heterocycles. The van der Waals surface area contributed by atoms with E-state index in [1.54, 1.807) is 30.5 Å². The van der Waals surface area contributed by atoms with E-state index in [9.17, 15) is 12.8 Å². The number of nitrogens with one attached hydrogen (secondary N) is 2. The Balaban J connectivity index is 1.52. The Hall–Kier alpha value is -3.11. The molecule has 0 aliphatic carbocycles. The standard InChI is InChI=1S/C18H14FN5O2S2/c1-28(25,26)13-5-3-12(4-6-13)21-17-20-9-8-16(23-17)24-18-22-14-7-2-11(19)10-15(14)27-18/h2-10H,1H3,(H2,20,21,22,23,24). The zero-order valence-electron chi connectivity index (χ0n) is 14.5. The lowest BCUT2D eigenvalue weighted by Crippen LogP contribution is -2.01. The van der Waals surface area contributed by atoms with Crippen molar-refractivity contribution in [3.05, 3.63) is 60.5 Å². The fraction of sp³-hybridized carbons (Fsp3) is 0.0556. The second-order valence-electron chi connectivity index (χ2n) is 5.94. The molecule has 0 bridgehead atoms. The van der Waals surface area contributed by atoms with Gasteiger partial charge in [0.05, 0.1) is 15.1 Å². The average molecular weight is 415 g/mol. The van der Waals surface area contributed by atoms with Crippen molar-refractivity contribution in [3.8, 4) is 0 Å². The molecule has 0 unspecified atom stereocenters. The van der Waals surface area contributed by atoms with Gasteiger partial charge < -0.3 is 10.6 Å². The lowest BCUT2D eigenvalue weighted by Gasteiger charge is -2.07. The fourth-order valence-electron chi connectivity index (χ4n) is 2.46. The summed E-state index contributed by atoms with van der Waals surface area (Å²) in [5.41, 5.74) is 1.35. The summed E-state index contributed by atoms with van der Waals surface area (Å²) in [5, 5.41) is 6.69. The summed E-state index contributed by atoms with van der Waals surface area (Å²) in [4.78, 5) is 13.2. The summed E-state index contributed by atoms with van der Waals surface area (Å²) >= 11 is 1.32. The van der Waals surface area contributed by atoms with Gasteiger partial charge in [0.15, 0.2) is 15.0 Å². The number of aromatic nitrogens is 3. The number of benzene rings is 2. The van der Waals surface area contributed by atoms with E-state index in [0.717, 1.165) is 11.0 Å². The van der Waals surface area contributed by atoms with E-state index in [1.165, 1.54) is 35.6 Å². The highest BCUT2D eigenvalue weighted by Crippen LogP contribution is 2.28. The minimum absolute atomic E-state index is 0.238. The van der Waals surface area contributed by atoms with Crippen LogP contribution in [0, 0.1) is 5.82 Å². The molecule has 10 heteroatoms. The Morgan fingerprint density at radius 3 is 2.54 bits per heavy atom. The average Bonchev–Trinajstić information content (AvgIpc) is 3.03. The largest absolute Gasteiger partial charge is 0.324 e. The molecule has 0 saturated carbocycles.